The lowest BCUT2D eigenvalue weighted by Crippen LogP contribution is -2.10. The van der Waals surface area contributed by atoms with E-state index in [-0.39, 0.29) is 23.7 Å². The Balaban J connectivity index is 1.93. The molecular formula is C22H34O4. The van der Waals surface area contributed by atoms with E-state index in [1.165, 1.54) is 32.1 Å². The maximum atomic E-state index is 11.9. The SMILES string of the molecule is CCCCC/C=C\C/C=C\CCCCCCCC(=O)C1=C(O)COC1=O. The molecule has 0 radical (unpaired) electrons. The van der Waals surface area contributed by atoms with E-state index < -0.39 is 5.97 Å². The number of cyclic esters (lactones) is 1. The molecule has 0 aromatic rings. The fourth-order valence-electron chi connectivity index (χ4n) is 2.89. The van der Waals surface area contributed by atoms with Crippen LogP contribution in [0.2, 0.25) is 0 Å². The third-order valence-electron chi connectivity index (χ3n) is 4.47. The normalized spacial score (nSPS) is 14.7. The molecule has 4 nitrogen and oxygen atoms in total. The Labute approximate surface area is 158 Å². The summed E-state index contributed by atoms with van der Waals surface area (Å²) in [7, 11) is 0. The van der Waals surface area contributed by atoms with Crippen molar-refractivity contribution in [2.45, 2.75) is 84.0 Å². The summed E-state index contributed by atoms with van der Waals surface area (Å²) in [5.74, 6) is -1.20. The van der Waals surface area contributed by atoms with E-state index in [1.807, 2.05) is 0 Å². The number of hydrogen-bond donors (Lipinski definition) is 1. The van der Waals surface area contributed by atoms with Crippen LogP contribution in [0, 0.1) is 0 Å². The molecule has 4 heteroatoms. The summed E-state index contributed by atoms with van der Waals surface area (Å²) in [4.78, 5) is 23.2. The maximum absolute atomic E-state index is 11.9. The lowest BCUT2D eigenvalue weighted by atomic mass is 10.0. The highest BCUT2D eigenvalue weighted by Gasteiger charge is 2.29. The van der Waals surface area contributed by atoms with Crippen LogP contribution in [0.15, 0.2) is 35.6 Å². The molecule has 1 aliphatic rings. The molecule has 1 aliphatic heterocycles. The number of allylic oxidation sites excluding steroid dienone is 4. The molecule has 1 rings (SSSR count). The number of unbranched alkanes of at least 4 members (excludes halogenated alkanes) is 8. The van der Waals surface area contributed by atoms with Crippen LogP contribution in [-0.2, 0) is 14.3 Å². The van der Waals surface area contributed by atoms with Gasteiger partial charge in [0.1, 0.15) is 17.9 Å². The lowest BCUT2D eigenvalue weighted by Gasteiger charge is -2.01. The fraction of sp³-hybridized carbons (Fsp3) is 0.636. The standard InChI is InChI=1S/C22H34O4/c1-2-3-4-5-6-7-8-9-10-11-12-13-14-15-16-17-19(23)21-20(24)18-26-22(21)25/h6-7,9-10,24H,2-5,8,11-18H2,1H3/b7-6-,10-9-. The molecule has 0 aliphatic carbocycles. The van der Waals surface area contributed by atoms with Crippen molar-refractivity contribution < 1.29 is 19.4 Å². The van der Waals surface area contributed by atoms with Crippen LogP contribution in [0.5, 0.6) is 0 Å². The molecule has 0 saturated carbocycles. The minimum Gasteiger partial charge on any atom is -0.508 e. The van der Waals surface area contributed by atoms with Gasteiger partial charge in [-0.2, -0.15) is 0 Å². The van der Waals surface area contributed by atoms with Crippen LogP contribution >= 0.6 is 0 Å². The van der Waals surface area contributed by atoms with Gasteiger partial charge < -0.3 is 9.84 Å². The first kappa shape index (κ1) is 22.2. The molecule has 0 spiro atoms. The van der Waals surface area contributed by atoms with Crippen LogP contribution in [0.25, 0.3) is 0 Å². The minimum atomic E-state index is -0.685. The topological polar surface area (TPSA) is 63.6 Å². The fourth-order valence-corrected chi connectivity index (χ4v) is 2.89. The smallest absolute Gasteiger partial charge is 0.345 e. The van der Waals surface area contributed by atoms with Gasteiger partial charge in [-0.1, -0.05) is 63.3 Å². The number of carbonyl (C=O) groups excluding carboxylic acids is 2. The summed E-state index contributed by atoms with van der Waals surface area (Å²) in [6, 6.07) is 0. The Morgan fingerprint density at radius 3 is 2.19 bits per heavy atom. The molecule has 26 heavy (non-hydrogen) atoms. The molecule has 0 aromatic heterocycles. The van der Waals surface area contributed by atoms with Gasteiger partial charge in [-0.25, -0.2) is 4.79 Å². The Bertz CT molecular complexity index is 514. The molecule has 0 saturated heterocycles. The van der Waals surface area contributed by atoms with Crippen molar-refractivity contribution in [3.63, 3.8) is 0 Å². The largest absolute Gasteiger partial charge is 0.508 e. The van der Waals surface area contributed by atoms with E-state index in [4.69, 9.17) is 0 Å². The first-order valence-corrected chi connectivity index (χ1v) is 10.1. The van der Waals surface area contributed by atoms with Crippen molar-refractivity contribution in [2.75, 3.05) is 6.61 Å². The van der Waals surface area contributed by atoms with E-state index in [1.54, 1.807) is 0 Å². The number of carbonyl (C=O) groups is 2. The molecule has 0 aromatic carbocycles. The Morgan fingerprint density at radius 2 is 1.58 bits per heavy atom. The highest BCUT2D eigenvalue weighted by atomic mass is 16.5. The van der Waals surface area contributed by atoms with Gasteiger partial charge in [0.15, 0.2) is 5.78 Å². The molecule has 146 valence electrons. The Kier molecular flexibility index (Phi) is 12.2. The van der Waals surface area contributed by atoms with Crippen LogP contribution in [0.4, 0.5) is 0 Å². The number of Topliss-reactive ketones (excluding diaryl/α,β-unsaturated/α-hetero) is 1. The number of hydrogen-bond acceptors (Lipinski definition) is 4. The van der Waals surface area contributed by atoms with Gasteiger partial charge >= 0.3 is 5.97 Å². The van der Waals surface area contributed by atoms with E-state index in [0.29, 0.717) is 6.42 Å². The van der Waals surface area contributed by atoms with Crippen molar-refractivity contribution in [2.24, 2.45) is 0 Å². The molecule has 0 unspecified atom stereocenters. The van der Waals surface area contributed by atoms with E-state index in [0.717, 1.165) is 38.5 Å². The van der Waals surface area contributed by atoms with E-state index >= 15 is 0 Å². The average molecular weight is 363 g/mol. The number of aliphatic hydroxyl groups is 1. The van der Waals surface area contributed by atoms with Gasteiger partial charge in [-0.3, -0.25) is 4.79 Å². The average Bonchev–Trinajstić information content (AvgIpc) is 2.96. The lowest BCUT2D eigenvalue weighted by molar-refractivity contribution is -0.137. The third-order valence-corrected chi connectivity index (χ3v) is 4.47. The zero-order chi connectivity index (χ0) is 19.0. The van der Waals surface area contributed by atoms with E-state index in [2.05, 4.69) is 36.0 Å². The second kappa shape index (κ2) is 14.3. The second-order valence-electron chi connectivity index (χ2n) is 6.80. The van der Waals surface area contributed by atoms with Crippen LogP contribution in [0.3, 0.4) is 0 Å². The summed E-state index contributed by atoms with van der Waals surface area (Å²) >= 11 is 0. The minimum absolute atomic E-state index is 0.144. The van der Waals surface area contributed by atoms with Crippen molar-refractivity contribution >= 4 is 11.8 Å². The Hall–Kier alpha value is -1.84. The Morgan fingerprint density at radius 1 is 0.962 bits per heavy atom. The van der Waals surface area contributed by atoms with Crippen molar-refractivity contribution in [3.05, 3.63) is 35.6 Å². The molecular weight excluding hydrogens is 328 g/mol. The molecule has 0 atom stereocenters. The van der Waals surface area contributed by atoms with Crippen molar-refractivity contribution in [1.29, 1.82) is 0 Å². The first-order chi connectivity index (χ1) is 12.7. The second-order valence-corrected chi connectivity index (χ2v) is 6.80. The third kappa shape index (κ3) is 9.59. The molecule has 0 fully saturated rings. The summed E-state index contributed by atoms with van der Waals surface area (Å²) in [6.45, 7) is 2.06. The quantitative estimate of drug-likeness (QED) is 0.175. The highest BCUT2D eigenvalue weighted by Crippen LogP contribution is 2.17. The molecule has 0 bridgehead atoms. The maximum Gasteiger partial charge on any atom is 0.345 e. The highest BCUT2D eigenvalue weighted by molar-refractivity contribution is 6.18. The predicted molar refractivity (Wildman–Crippen MR) is 105 cm³/mol. The summed E-state index contributed by atoms with van der Waals surface area (Å²) < 4.78 is 4.63. The molecule has 0 amide bonds. The van der Waals surface area contributed by atoms with Gasteiger partial charge in [-0.05, 0) is 38.5 Å². The zero-order valence-electron chi connectivity index (χ0n) is 16.2. The number of aliphatic hydroxyl groups excluding tert-OH is 1. The summed E-state index contributed by atoms with van der Waals surface area (Å²) in [6.07, 6.45) is 21.7. The monoisotopic (exact) mass is 362 g/mol. The zero-order valence-corrected chi connectivity index (χ0v) is 16.2. The summed E-state index contributed by atoms with van der Waals surface area (Å²) in [5.41, 5.74) is -0.144. The predicted octanol–water partition coefficient (Wildman–Crippen LogP) is 5.74. The number of ether oxygens (including phenoxy) is 1. The van der Waals surface area contributed by atoms with Crippen molar-refractivity contribution in [3.8, 4) is 0 Å². The van der Waals surface area contributed by atoms with Crippen LogP contribution < -0.4 is 0 Å². The molecule has 1 heterocycles. The van der Waals surface area contributed by atoms with Gasteiger partial charge in [-0.15, -0.1) is 0 Å². The number of esters is 1. The first-order valence-electron chi connectivity index (χ1n) is 10.1. The van der Waals surface area contributed by atoms with Crippen LogP contribution in [0.1, 0.15) is 84.0 Å². The van der Waals surface area contributed by atoms with Gasteiger partial charge in [0.05, 0.1) is 0 Å². The number of rotatable bonds is 15. The summed E-state index contributed by atoms with van der Waals surface area (Å²) in [5, 5.41) is 9.46. The van der Waals surface area contributed by atoms with E-state index in [9.17, 15) is 14.7 Å². The van der Waals surface area contributed by atoms with Crippen molar-refractivity contribution in [1.82, 2.24) is 0 Å². The van der Waals surface area contributed by atoms with Gasteiger partial charge in [0.2, 0.25) is 0 Å². The number of ketones is 1. The van der Waals surface area contributed by atoms with Gasteiger partial charge in [0, 0.05) is 6.42 Å². The van der Waals surface area contributed by atoms with Crippen LogP contribution in [-0.4, -0.2) is 23.5 Å². The molecule has 1 N–H and O–H groups in total. The van der Waals surface area contributed by atoms with Gasteiger partial charge in [0.25, 0.3) is 0 Å².